The van der Waals surface area contributed by atoms with Crippen molar-refractivity contribution >= 4 is 18.2 Å². The van der Waals surface area contributed by atoms with Crippen LogP contribution in [0.1, 0.15) is 11.1 Å². The molecule has 2 N–H and O–H groups in total. The largest absolute Gasteiger partial charge is 0.242 e. The highest BCUT2D eigenvalue weighted by atomic mass is 16.1. The molecule has 0 saturated heterocycles. The van der Waals surface area contributed by atoms with Crippen LogP contribution in [0.15, 0.2) is 70.6 Å². The van der Waals surface area contributed by atoms with Crippen LogP contribution >= 0.6 is 0 Å². The molecule has 0 unspecified atom stereocenters. The number of isocyanates is 2. The summed E-state index contributed by atoms with van der Waals surface area (Å²) in [7, 11) is 0. The number of benzene rings is 2. The average molecular weight is 292 g/mol. The predicted molar refractivity (Wildman–Crippen MR) is 80.4 cm³/mol. The average Bonchev–Trinajstić information content (AvgIpc) is 2.57. The molecule has 0 spiro atoms. The fraction of sp³-hybridized carbons (Fsp3) is 0.0625. The minimum Gasteiger partial charge on any atom is -0.242 e. The number of hydrogen-bond donors (Lipinski definition) is 2. The standard InChI is InChI=1S/C15H10N2O2.CH2N2/c18-11-16-15(17-12-19,13-7-3-1-4-8-13)14-9-5-2-6-10-14;2-1-3/h1-10H;2-3H. The molecule has 0 atom stereocenters. The summed E-state index contributed by atoms with van der Waals surface area (Å²) in [6.45, 7) is 0. The van der Waals surface area contributed by atoms with Gasteiger partial charge in [0.1, 0.15) is 0 Å². The zero-order valence-corrected chi connectivity index (χ0v) is 11.5. The Morgan fingerprint density at radius 2 is 1.05 bits per heavy atom. The summed E-state index contributed by atoms with van der Waals surface area (Å²) in [6.07, 6.45) is 2.99. The normalized spacial score (nSPS) is 9.09. The summed E-state index contributed by atoms with van der Waals surface area (Å²) >= 11 is 0. The number of nitrogens with one attached hydrogen (secondary N) is 2. The molecule has 0 heterocycles. The van der Waals surface area contributed by atoms with Crippen LogP contribution in [-0.4, -0.2) is 18.2 Å². The Balaban J connectivity index is 0.000000745. The number of nitrogens with zero attached hydrogens (tertiary/aromatic N) is 2. The van der Waals surface area contributed by atoms with Crippen molar-refractivity contribution in [3.8, 4) is 0 Å². The molecule has 0 fully saturated rings. The highest BCUT2D eigenvalue weighted by molar-refractivity contribution is 5.49. The van der Waals surface area contributed by atoms with Gasteiger partial charge in [-0.25, -0.2) is 20.4 Å². The summed E-state index contributed by atoms with van der Waals surface area (Å²) in [5, 5.41) is 11.2. The van der Waals surface area contributed by atoms with Crippen LogP contribution in [0.5, 0.6) is 0 Å². The Labute approximate surface area is 126 Å². The van der Waals surface area contributed by atoms with Crippen LogP contribution in [0.4, 0.5) is 0 Å². The van der Waals surface area contributed by atoms with Gasteiger partial charge in [0, 0.05) is 11.1 Å². The second-order valence-corrected chi connectivity index (χ2v) is 3.94. The first-order valence-electron chi connectivity index (χ1n) is 6.12. The molecular weight excluding hydrogens is 280 g/mol. The molecule has 0 radical (unpaired) electrons. The van der Waals surface area contributed by atoms with E-state index < -0.39 is 5.66 Å². The third-order valence-corrected chi connectivity index (χ3v) is 2.77. The van der Waals surface area contributed by atoms with E-state index in [0.29, 0.717) is 11.1 Å². The van der Waals surface area contributed by atoms with E-state index in [0.717, 1.165) is 0 Å². The highest BCUT2D eigenvalue weighted by Crippen LogP contribution is 2.34. The van der Waals surface area contributed by atoms with E-state index in [2.05, 4.69) is 9.98 Å². The van der Waals surface area contributed by atoms with E-state index >= 15 is 0 Å². The minimum atomic E-state index is -1.41. The lowest BCUT2D eigenvalue weighted by atomic mass is 9.92. The van der Waals surface area contributed by atoms with E-state index in [-0.39, 0.29) is 0 Å². The molecule has 6 nitrogen and oxygen atoms in total. The maximum absolute atomic E-state index is 10.8. The van der Waals surface area contributed by atoms with E-state index in [1.165, 1.54) is 18.2 Å². The second kappa shape index (κ2) is 8.69. The van der Waals surface area contributed by atoms with Crippen LogP contribution in [0.25, 0.3) is 0 Å². The zero-order valence-electron chi connectivity index (χ0n) is 11.5. The molecule has 0 bridgehead atoms. The summed E-state index contributed by atoms with van der Waals surface area (Å²) in [4.78, 5) is 29.0. The molecule has 108 valence electrons. The summed E-state index contributed by atoms with van der Waals surface area (Å²) < 4.78 is 0. The van der Waals surface area contributed by atoms with Crippen molar-refractivity contribution in [2.45, 2.75) is 5.66 Å². The van der Waals surface area contributed by atoms with Gasteiger partial charge in [0.2, 0.25) is 17.8 Å². The molecule has 0 aromatic heterocycles. The van der Waals surface area contributed by atoms with Crippen LogP contribution in [0, 0.1) is 10.8 Å². The molecule has 0 aliphatic carbocycles. The van der Waals surface area contributed by atoms with Gasteiger partial charge in [-0.05, 0) is 0 Å². The minimum absolute atomic E-state index is 0.605. The van der Waals surface area contributed by atoms with Gasteiger partial charge in [-0.1, -0.05) is 60.7 Å². The van der Waals surface area contributed by atoms with Crippen molar-refractivity contribution in [2.24, 2.45) is 9.98 Å². The molecule has 22 heavy (non-hydrogen) atoms. The Hall–Kier alpha value is -3.42. The smallest absolute Gasteiger partial charge is 0.238 e. The fourth-order valence-electron chi connectivity index (χ4n) is 1.92. The van der Waals surface area contributed by atoms with Crippen LogP contribution < -0.4 is 0 Å². The third-order valence-electron chi connectivity index (χ3n) is 2.77. The predicted octanol–water partition coefficient (Wildman–Crippen LogP) is 2.88. The Bertz CT molecular complexity index is 666. The monoisotopic (exact) mass is 292 g/mol. The van der Waals surface area contributed by atoms with Crippen molar-refractivity contribution in [2.75, 3.05) is 0 Å². The van der Waals surface area contributed by atoms with Crippen LogP contribution in [-0.2, 0) is 15.3 Å². The molecule has 6 heteroatoms. The van der Waals surface area contributed by atoms with Crippen molar-refractivity contribution in [3.63, 3.8) is 0 Å². The first-order chi connectivity index (χ1) is 10.7. The van der Waals surface area contributed by atoms with E-state index in [1.807, 2.05) is 12.1 Å². The van der Waals surface area contributed by atoms with Gasteiger partial charge < -0.3 is 0 Å². The van der Waals surface area contributed by atoms with Gasteiger partial charge in [0.25, 0.3) is 0 Å². The van der Waals surface area contributed by atoms with Crippen molar-refractivity contribution in [3.05, 3.63) is 71.8 Å². The first kappa shape index (κ1) is 16.6. The number of aliphatic imine (C=N–C) groups is 2. The summed E-state index contributed by atoms with van der Waals surface area (Å²) in [5.41, 5.74) is -0.202. The molecule has 0 amide bonds. The second-order valence-electron chi connectivity index (χ2n) is 3.94. The Morgan fingerprint density at radius 3 is 1.32 bits per heavy atom. The van der Waals surface area contributed by atoms with Gasteiger partial charge in [-0.2, -0.15) is 9.98 Å². The summed E-state index contributed by atoms with van der Waals surface area (Å²) in [5.74, 6) is 0. The van der Waals surface area contributed by atoms with Gasteiger partial charge in [-0.15, -0.1) is 0 Å². The van der Waals surface area contributed by atoms with Crippen molar-refractivity contribution < 1.29 is 9.59 Å². The lowest BCUT2D eigenvalue weighted by molar-refractivity contribution is 0.516. The molecule has 0 saturated carbocycles. The van der Waals surface area contributed by atoms with Gasteiger partial charge in [0.15, 0.2) is 0 Å². The molecule has 2 rings (SSSR count). The summed E-state index contributed by atoms with van der Waals surface area (Å²) in [6, 6.07) is 19.0. The van der Waals surface area contributed by atoms with E-state index in [4.69, 9.17) is 10.8 Å². The molecule has 2 aromatic carbocycles. The van der Waals surface area contributed by atoms with Crippen LogP contribution in [0.3, 0.4) is 0 Å². The lowest BCUT2D eigenvalue weighted by Crippen LogP contribution is -2.22. The Morgan fingerprint density at radius 1 is 0.727 bits per heavy atom. The SMILES string of the molecule is N=C=N.O=C=NC(N=C=O)(c1ccccc1)c1ccccc1. The van der Waals surface area contributed by atoms with Crippen molar-refractivity contribution in [1.82, 2.24) is 0 Å². The topological polar surface area (TPSA) is 107 Å². The number of rotatable bonds is 4. The van der Waals surface area contributed by atoms with Gasteiger partial charge in [0.05, 0.1) is 6.01 Å². The van der Waals surface area contributed by atoms with E-state index in [9.17, 15) is 9.59 Å². The quantitative estimate of drug-likeness (QED) is 0.667. The molecule has 0 aliphatic heterocycles. The lowest BCUT2D eigenvalue weighted by Gasteiger charge is -2.22. The third kappa shape index (κ3) is 3.79. The van der Waals surface area contributed by atoms with E-state index in [1.54, 1.807) is 48.5 Å². The molecular formula is C16H12N4O2. The maximum atomic E-state index is 10.8. The Kier molecular flexibility index (Phi) is 6.57. The molecule has 2 aromatic rings. The zero-order chi connectivity index (χ0) is 16.3. The number of carbonyl (C=O) groups excluding carboxylic acids is 2. The molecule has 0 aliphatic rings. The van der Waals surface area contributed by atoms with Gasteiger partial charge in [-0.3, -0.25) is 0 Å². The first-order valence-corrected chi connectivity index (χ1v) is 6.12. The van der Waals surface area contributed by atoms with Crippen molar-refractivity contribution in [1.29, 1.82) is 10.8 Å². The maximum Gasteiger partial charge on any atom is 0.238 e. The highest BCUT2D eigenvalue weighted by Gasteiger charge is 2.33. The fourth-order valence-corrected chi connectivity index (χ4v) is 1.92. The number of hydrogen-bond acceptors (Lipinski definition) is 6. The van der Waals surface area contributed by atoms with Gasteiger partial charge >= 0.3 is 0 Å². The van der Waals surface area contributed by atoms with Crippen LogP contribution in [0.2, 0.25) is 0 Å².